The Morgan fingerprint density at radius 2 is 1.89 bits per heavy atom. The number of morpholine rings is 1. The number of aromatic nitrogens is 3. The number of nitrogens with one attached hydrogen (secondary N) is 2. The fourth-order valence-electron chi connectivity index (χ4n) is 4.17. The van der Waals surface area contributed by atoms with Crippen LogP contribution in [0.2, 0.25) is 0 Å². The summed E-state index contributed by atoms with van der Waals surface area (Å²) in [6, 6.07) is 13.4. The number of amides is 1. The fraction of sp³-hybridized carbons (Fsp3) is 0.192. The first-order chi connectivity index (χ1) is 17.0. The molecule has 0 unspecified atom stereocenters. The standard InChI is InChI=1S/C26H25FN6O2/c1-3-24(34)29-18-6-9-20-21(16-32(2)23(20)14-18)25-22(27)15-28-26(31-25)30-17-4-7-19(8-5-17)33-10-12-35-13-11-33/h3-9,14-16H,1,10-13H2,2H3,(H,29,34)(H,28,30,31). The van der Waals surface area contributed by atoms with E-state index in [2.05, 4.69) is 32.1 Å². The van der Waals surface area contributed by atoms with Gasteiger partial charge in [-0.2, -0.15) is 0 Å². The second-order valence-electron chi connectivity index (χ2n) is 8.24. The smallest absolute Gasteiger partial charge is 0.247 e. The summed E-state index contributed by atoms with van der Waals surface area (Å²) in [6.45, 7) is 6.65. The largest absolute Gasteiger partial charge is 0.378 e. The van der Waals surface area contributed by atoms with E-state index in [0.717, 1.165) is 48.6 Å². The van der Waals surface area contributed by atoms with Gasteiger partial charge in [-0.05, 0) is 42.5 Å². The minimum absolute atomic E-state index is 0.195. The zero-order valence-electron chi connectivity index (χ0n) is 19.3. The Labute approximate surface area is 202 Å². The van der Waals surface area contributed by atoms with Gasteiger partial charge in [0.2, 0.25) is 11.9 Å². The van der Waals surface area contributed by atoms with Gasteiger partial charge in [-0.25, -0.2) is 14.4 Å². The number of carbonyl (C=O) groups excluding carboxylic acids is 1. The van der Waals surface area contributed by atoms with E-state index in [9.17, 15) is 9.18 Å². The normalized spacial score (nSPS) is 13.6. The van der Waals surface area contributed by atoms with Gasteiger partial charge in [-0.1, -0.05) is 12.6 Å². The van der Waals surface area contributed by atoms with Gasteiger partial charge >= 0.3 is 0 Å². The number of nitrogens with zero attached hydrogens (tertiary/aromatic N) is 4. The summed E-state index contributed by atoms with van der Waals surface area (Å²) in [5.41, 5.74) is 4.21. The third-order valence-corrected chi connectivity index (χ3v) is 5.94. The van der Waals surface area contributed by atoms with Gasteiger partial charge in [-0.3, -0.25) is 4.79 Å². The van der Waals surface area contributed by atoms with Crippen LogP contribution in [0.3, 0.4) is 0 Å². The van der Waals surface area contributed by atoms with Crippen molar-refractivity contribution in [3.8, 4) is 11.3 Å². The van der Waals surface area contributed by atoms with Crippen LogP contribution in [0.1, 0.15) is 0 Å². The maximum absolute atomic E-state index is 14.8. The van der Waals surface area contributed by atoms with Crippen LogP contribution in [-0.4, -0.2) is 46.7 Å². The minimum atomic E-state index is -0.519. The molecule has 0 atom stereocenters. The quantitative estimate of drug-likeness (QED) is 0.403. The molecule has 8 nitrogen and oxygen atoms in total. The lowest BCUT2D eigenvalue weighted by Gasteiger charge is -2.28. The predicted octanol–water partition coefficient (Wildman–Crippen LogP) is 4.48. The Hall–Kier alpha value is -4.24. The molecule has 1 aliphatic heterocycles. The van der Waals surface area contributed by atoms with E-state index in [1.54, 1.807) is 6.07 Å². The zero-order chi connectivity index (χ0) is 24.4. The molecule has 9 heteroatoms. The summed E-state index contributed by atoms with van der Waals surface area (Å²) in [7, 11) is 1.86. The molecule has 5 rings (SSSR count). The molecule has 0 bridgehead atoms. The van der Waals surface area contributed by atoms with Gasteiger partial charge in [-0.15, -0.1) is 0 Å². The van der Waals surface area contributed by atoms with Gasteiger partial charge < -0.3 is 24.8 Å². The molecule has 2 aromatic carbocycles. The highest BCUT2D eigenvalue weighted by atomic mass is 19.1. The van der Waals surface area contributed by atoms with Gasteiger partial charge in [0.25, 0.3) is 0 Å². The lowest BCUT2D eigenvalue weighted by Crippen LogP contribution is -2.36. The Morgan fingerprint density at radius 3 is 2.63 bits per heavy atom. The summed E-state index contributed by atoms with van der Waals surface area (Å²) < 4.78 is 22.1. The Balaban J connectivity index is 1.41. The van der Waals surface area contributed by atoms with Crippen molar-refractivity contribution in [2.45, 2.75) is 0 Å². The van der Waals surface area contributed by atoms with Gasteiger partial charge in [0, 0.05) is 54.3 Å². The zero-order valence-corrected chi connectivity index (χ0v) is 19.3. The number of halogens is 1. The molecule has 1 amide bonds. The predicted molar refractivity (Wildman–Crippen MR) is 135 cm³/mol. The molecule has 0 spiro atoms. The first-order valence-electron chi connectivity index (χ1n) is 11.3. The van der Waals surface area contributed by atoms with Crippen LogP contribution >= 0.6 is 0 Å². The number of aryl methyl sites for hydroxylation is 1. The molecule has 2 aromatic heterocycles. The van der Waals surface area contributed by atoms with Crippen molar-refractivity contribution in [3.63, 3.8) is 0 Å². The SMILES string of the molecule is C=CC(=O)Nc1ccc2c(-c3nc(Nc4ccc(N5CCOCC5)cc4)ncc3F)cn(C)c2c1. The van der Waals surface area contributed by atoms with Crippen molar-refractivity contribution in [2.75, 3.05) is 41.8 Å². The average molecular weight is 473 g/mol. The highest BCUT2D eigenvalue weighted by Crippen LogP contribution is 2.33. The van der Waals surface area contributed by atoms with Crippen molar-refractivity contribution in [3.05, 3.63) is 73.3 Å². The first-order valence-corrected chi connectivity index (χ1v) is 11.3. The number of hydrogen-bond acceptors (Lipinski definition) is 6. The third-order valence-electron chi connectivity index (χ3n) is 5.94. The lowest BCUT2D eigenvalue weighted by molar-refractivity contribution is -0.111. The van der Waals surface area contributed by atoms with Crippen LogP contribution in [-0.2, 0) is 16.6 Å². The van der Waals surface area contributed by atoms with E-state index in [0.29, 0.717) is 17.2 Å². The molecule has 2 N–H and O–H groups in total. The molecule has 1 fully saturated rings. The number of rotatable bonds is 6. The molecule has 4 aromatic rings. The van der Waals surface area contributed by atoms with E-state index in [4.69, 9.17) is 4.74 Å². The number of fused-ring (bicyclic) bond motifs is 1. The second kappa shape index (κ2) is 9.55. The Morgan fingerprint density at radius 1 is 1.14 bits per heavy atom. The lowest BCUT2D eigenvalue weighted by atomic mass is 10.1. The maximum Gasteiger partial charge on any atom is 0.247 e. The molecule has 1 saturated heterocycles. The molecule has 0 radical (unpaired) electrons. The van der Waals surface area contributed by atoms with E-state index < -0.39 is 5.82 Å². The van der Waals surface area contributed by atoms with E-state index in [1.807, 2.05) is 54.2 Å². The van der Waals surface area contributed by atoms with Crippen molar-refractivity contribution >= 4 is 39.8 Å². The molecule has 0 aliphatic carbocycles. The fourth-order valence-corrected chi connectivity index (χ4v) is 4.17. The molecule has 1 aliphatic rings. The van der Waals surface area contributed by atoms with Crippen molar-refractivity contribution in [1.82, 2.24) is 14.5 Å². The van der Waals surface area contributed by atoms with Crippen molar-refractivity contribution in [1.29, 1.82) is 0 Å². The number of anilines is 4. The molecule has 35 heavy (non-hydrogen) atoms. The summed E-state index contributed by atoms with van der Waals surface area (Å²) in [5, 5.41) is 6.72. The topological polar surface area (TPSA) is 84.3 Å². The van der Waals surface area contributed by atoms with Crippen LogP contribution < -0.4 is 15.5 Å². The van der Waals surface area contributed by atoms with Crippen LogP contribution in [0, 0.1) is 5.82 Å². The molecular formula is C26H25FN6O2. The van der Waals surface area contributed by atoms with Gasteiger partial charge in [0.1, 0.15) is 5.69 Å². The van der Waals surface area contributed by atoms with Gasteiger partial charge in [0.05, 0.1) is 24.9 Å². The molecular weight excluding hydrogens is 447 g/mol. The van der Waals surface area contributed by atoms with Crippen LogP contribution in [0.25, 0.3) is 22.2 Å². The Bertz CT molecular complexity index is 1390. The van der Waals surface area contributed by atoms with E-state index in [-0.39, 0.29) is 11.6 Å². The Kier molecular flexibility index (Phi) is 6.15. The van der Waals surface area contributed by atoms with Crippen LogP contribution in [0.5, 0.6) is 0 Å². The van der Waals surface area contributed by atoms with Crippen LogP contribution in [0.4, 0.5) is 27.4 Å². The second-order valence-corrected chi connectivity index (χ2v) is 8.24. The first kappa shape index (κ1) is 22.5. The molecule has 3 heterocycles. The minimum Gasteiger partial charge on any atom is -0.378 e. The van der Waals surface area contributed by atoms with Gasteiger partial charge in [0.15, 0.2) is 5.82 Å². The van der Waals surface area contributed by atoms with E-state index in [1.165, 1.54) is 12.3 Å². The van der Waals surface area contributed by atoms with E-state index >= 15 is 0 Å². The highest BCUT2D eigenvalue weighted by Gasteiger charge is 2.17. The highest BCUT2D eigenvalue weighted by molar-refractivity contribution is 6.02. The maximum atomic E-state index is 14.8. The monoisotopic (exact) mass is 472 g/mol. The summed E-state index contributed by atoms with van der Waals surface area (Å²) in [6.07, 6.45) is 4.20. The summed E-state index contributed by atoms with van der Waals surface area (Å²) in [5.74, 6) is -0.517. The number of carbonyl (C=O) groups is 1. The number of benzene rings is 2. The summed E-state index contributed by atoms with van der Waals surface area (Å²) in [4.78, 5) is 22.5. The van der Waals surface area contributed by atoms with Crippen molar-refractivity contribution < 1.29 is 13.9 Å². The number of ether oxygens (including phenoxy) is 1. The number of hydrogen-bond donors (Lipinski definition) is 2. The average Bonchev–Trinajstić information content (AvgIpc) is 3.21. The third kappa shape index (κ3) is 4.71. The van der Waals surface area contributed by atoms with Crippen molar-refractivity contribution in [2.24, 2.45) is 7.05 Å². The molecule has 0 saturated carbocycles. The summed E-state index contributed by atoms with van der Waals surface area (Å²) >= 11 is 0. The van der Waals surface area contributed by atoms with Crippen LogP contribution in [0.15, 0.2) is 67.5 Å². The molecule has 178 valence electrons.